The zero-order valence-corrected chi connectivity index (χ0v) is 14.2. The van der Waals surface area contributed by atoms with Gasteiger partial charge in [-0.15, -0.1) is 11.8 Å². The number of thioether (sulfide) groups is 1. The fourth-order valence-electron chi connectivity index (χ4n) is 1.84. The molecular formula is C17H18FN3O2S. The molecule has 2 aromatic rings. The molecule has 0 heterocycles. The van der Waals surface area contributed by atoms with Gasteiger partial charge < -0.3 is 4.90 Å². The molecule has 2 aromatic carbocycles. The summed E-state index contributed by atoms with van der Waals surface area (Å²) in [6.07, 6.45) is 0. The second-order valence-corrected chi connectivity index (χ2v) is 6.24. The van der Waals surface area contributed by atoms with E-state index in [9.17, 15) is 14.0 Å². The summed E-state index contributed by atoms with van der Waals surface area (Å²) in [5, 5.41) is 0. The lowest BCUT2D eigenvalue weighted by atomic mass is 10.2. The Bertz CT molecular complexity index is 720. The Morgan fingerprint density at radius 2 is 1.79 bits per heavy atom. The van der Waals surface area contributed by atoms with E-state index in [0.717, 1.165) is 10.6 Å². The fraction of sp³-hybridized carbons (Fsp3) is 0.176. The number of benzene rings is 2. The number of nitrogens with zero attached hydrogens (tertiary/aromatic N) is 1. The van der Waals surface area contributed by atoms with E-state index in [1.54, 1.807) is 30.3 Å². The molecule has 0 atom stereocenters. The quantitative estimate of drug-likeness (QED) is 0.644. The number of rotatable bonds is 5. The summed E-state index contributed by atoms with van der Waals surface area (Å²) in [4.78, 5) is 26.5. The molecule has 0 aliphatic heterocycles. The van der Waals surface area contributed by atoms with E-state index in [1.807, 2.05) is 25.1 Å². The van der Waals surface area contributed by atoms with Crippen molar-refractivity contribution in [3.8, 4) is 0 Å². The van der Waals surface area contributed by atoms with Crippen molar-refractivity contribution in [3.05, 3.63) is 59.9 Å². The number of halogens is 1. The molecule has 0 saturated heterocycles. The van der Waals surface area contributed by atoms with Crippen LogP contribution in [0.1, 0.15) is 10.4 Å². The van der Waals surface area contributed by atoms with Crippen LogP contribution in [0.4, 0.5) is 10.1 Å². The van der Waals surface area contributed by atoms with Crippen LogP contribution in [-0.2, 0) is 4.79 Å². The molecule has 5 nitrogen and oxygen atoms in total. The average molecular weight is 347 g/mol. The Kier molecular flexibility index (Phi) is 6.20. The highest BCUT2D eigenvalue weighted by Crippen LogP contribution is 2.17. The van der Waals surface area contributed by atoms with E-state index in [2.05, 4.69) is 10.9 Å². The first-order chi connectivity index (χ1) is 11.5. The van der Waals surface area contributed by atoms with Crippen LogP contribution in [0.3, 0.4) is 0 Å². The highest BCUT2D eigenvalue weighted by atomic mass is 32.2. The molecule has 0 aromatic heterocycles. The molecular weight excluding hydrogens is 329 g/mol. The normalized spacial score (nSPS) is 10.1. The lowest BCUT2D eigenvalue weighted by Crippen LogP contribution is -2.42. The van der Waals surface area contributed by atoms with Crippen molar-refractivity contribution in [2.75, 3.05) is 24.7 Å². The summed E-state index contributed by atoms with van der Waals surface area (Å²) in [5.74, 6) is -0.944. The molecule has 0 fully saturated rings. The van der Waals surface area contributed by atoms with Gasteiger partial charge in [-0.05, 0) is 42.5 Å². The molecule has 0 saturated carbocycles. The maximum atomic E-state index is 12.8. The minimum Gasteiger partial charge on any atom is -0.378 e. The second-order valence-electron chi connectivity index (χ2n) is 5.19. The van der Waals surface area contributed by atoms with Gasteiger partial charge in [0.1, 0.15) is 5.82 Å². The van der Waals surface area contributed by atoms with Gasteiger partial charge in [-0.1, -0.05) is 6.07 Å². The first kappa shape index (κ1) is 17.8. The van der Waals surface area contributed by atoms with Crippen LogP contribution in [0, 0.1) is 5.82 Å². The van der Waals surface area contributed by atoms with Gasteiger partial charge >= 0.3 is 0 Å². The van der Waals surface area contributed by atoms with Crippen molar-refractivity contribution in [2.45, 2.75) is 4.90 Å². The van der Waals surface area contributed by atoms with Crippen molar-refractivity contribution in [1.29, 1.82) is 0 Å². The van der Waals surface area contributed by atoms with Crippen molar-refractivity contribution in [2.24, 2.45) is 0 Å². The van der Waals surface area contributed by atoms with Crippen LogP contribution in [0.5, 0.6) is 0 Å². The highest BCUT2D eigenvalue weighted by Gasteiger charge is 2.09. The maximum absolute atomic E-state index is 12.8. The van der Waals surface area contributed by atoms with Crippen molar-refractivity contribution in [1.82, 2.24) is 10.9 Å². The van der Waals surface area contributed by atoms with Gasteiger partial charge in [-0.3, -0.25) is 20.4 Å². The highest BCUT2D eigenvalue weighted by molar-refractivity contribution is 8.00. The lowest BCUT2D eigenvalue weighted by molar-refractivity contribution is -0.119. The van der Waals surface area contributed by atoms with E-state index < -0.39 is 0 Å². The smallest absolute Gasteiger partial charge is 0.269 e. The number of hydrogen-bond acceptors (Lipinski definition) is 4. The number of hydrazine groups is 1. The second kappa shape index (κ2) is 8.35. The Balaban J connectivity index is 1.81. The van der Waals surface area contributed by atoms with Crippen molar-refractivity contribution >= 4 is 29.3 Å². The topological polar surface area (TPSA) is 61.4 Å². The number of hydrogen-bond donors (Lipinski definition) is 2. The largest absolute Gasteiger partial charge is 0.378 e. The number of amides is 2. The van der Waals surface area contributed by atoms with E-state index in [-0.39, 0.29) is 23.4 Å². The summed E-state index contributed by atoms with van der Waals surface area (Å²) in [7, 11) is 3.76. The van der Waals surface area contributed by atoms with E-state index in [4.69, 9.17) is 0 Å². The molecule has 2 rings (SSSR count). The Labute approximate surface area is 144 Å². The maximum Gasteiger partial charge on any atom is 0.269 e. The van der Waals surface area contributed by atoms with Gasteiger partial charge in [0.25, 0.3) is 5.91 Å². The molecule has 2 amide bonds. The number of carbonyl (C=O) groups is 2. The van der Waals surface area contributed by atoms with Gasteiger partial charge in [-0.25, -0.2) is 4.39 Å². The lowest BCUT2D eigenvalue weighted by Gasteiger charge is -2.13. The summed E-state index contributed by atoms with van der Waals surface area (Å²) >= 11 is 1.25. The molecule has 0 aliphatic rings. The van der Waals surface area contributed by atoms with E-state index in [0.29, 0.717) is 5.56 Å². The van der Waals surface area contributed by atoms with Crippen molar-refractivity contribution < 1.29 is 14.0 Å². The minimum atomic E-state index is -0.390. The first-order valence-corrected chi connectivity index (χ1v) is 8.19. The molecule has 0 bridgehead atoms. The number of carbonyl (C=O) groups excluding carboxylic acids is 2. The molecule has 2 N–H and O–H groups in total. The SMILES string of the molecule is CN(C)c1cccc(C(=O)NNC(=O)CSc2ccc(F)cc2)c1. The minimum absolute atomic E-state index is 0.115. The van der Waals surface area contributed by atoms with Gasteiger partial charge in [0.05, 0.1) is 5.75 Å². The molecule has 0 unspecified atom stereocenters. The molecule has 0 radical (unpaired) electrons. The van der Waals surface area contributed by atoms with Crippen LogP contribution >= 0.6 is 11.8 Å². The Morgan fingerprint density at radius 1 is 1.08 bits per heavy atom. The Morgan fingerprint density at radius 3 is 2.46 bits per heavy atom. The zero-order chi connectivity index (χ0) is 17.5. The summed E-state index contributed by atoms with van der Waals surface area (Å²) in [5.41, 5.74) is 6.09. The third-order valence-electron chi connectivity index (χ3n) is 3.12. The van der Waals surface area contributed by atoms with E-state index >= 15 is 0 Å². The van der Waals surface area contributed by atoms with Crippen LogP contribution in [-0.4, -0.2) is 31.7 Å². The van der Waals surface area contributed by atoms with Gasteiger partial charge in [-0.2, -0.15) is 0 Å². The standard InChI is InChI=1S/C17H18FN3O2S/c1-21(2)14-5-3-4-12(10-14)17(23)20-19-16(22)11-24-15-8-6-13(18)7-9-15/h3-10H,11H2,1-2H3,(H,19,22)(H,20,23). The van der Waals surface area contributed by atoms with Gasteiger partial charge in [0.2, 0.25) is 5.91 Å². The Hall–Kier alpha value is -2.54. The molecule has 7 heteroatoms. The van der Waals surface area contributed by atoms with Crippen LogP contribution in [0.25, 0.3) is 0 Å². The van der Waals surface area contributed by atoms with Crippen LogP contribution in [0.2, 0.25) is 0 Å². The average Bonchev–Trinajstić information content (AvgIpc) is 2.59. The predicted octanol–water partition coefficient (Wildman–Crippen LogP) is 2.45. The third kappa shape index (κ3) is 5.27. The van der Waals surface area contributed by atoms with Crippen LogP contribution in [0.15, 0.2) is 53.4 Å². The molecule has 24 heavy (non-hydrogen) atoms. The van der Waals surface area contributed by atoms with Gasteiger partial charge in [0, 0.05) is 30.2 Å². The number of nitrogens with one attached hydrogen (secondary N) is 2. The summed E-state index contributed by atoms with van der Waals surface area (Å²) < 4.78 is 12.8. The zero-order valence-electron chi connectivity index (χ0n) is 13.4. The third-order valence-corrected chi connectivity index (χ3v) is 4.14. The summed E-state index contributed by atoms with van der Waals surface area (Å²) in [6, 6.07) is 12.9. The fourth-order valence-corrected chi connectivity index (χ4v) is 2.54. The first-order valence-electron chi connectivity index (χ1n) is 7.20. The molecule has 0 spiro atoms. The monoisotopic (exact) mass is 347 g/mol. The number of anilines is 1. The predicted molar refractivity (Wildman–Crippen MR) is 93.5 cm³/mol. The van der Waals surface area contributed by atoms with Gasteiger partial charge in [0.15, 0.2) is 0 Å². The molecule has 0 aliphatic carbocycles. The summed E-state index contributed by atoms with van der Waals surface area (Å²) in [6.45, 7) is 0. The van der Waals surface area contributed by atoms with Crippen LogP contribution < -0.4 is 15.8 Å². The molecule has 126 valence electrons. The van der Waals surface area contributed by atoms with Crippen molar-refractivity contribution in [3.63, 3.8) is 0 Å². The van der Waals surface area contributed by atoms with E-state index in [1.165, 1.54) is 23.9 Å².